The van der Waals surface area contributed by atoms with Crippen LogP contribution in [0.25, 0.3) is 0 Å². The van der Waals surface area contributed by atoms with Crippen LogP contribution in [0.2, 0.25) is 5.02 Å². The zero-order valence-electron chi connectivity index (χ0n) is 21.4. The third-order valence-electron chi connectivity index (χ3n) is 6.99. The highest BCUT2D eigenvalue weighted by molar-refractivity contribution is 8.00. The van der Waals surface area contributed by atoms with Gasteiger partial charge >= 0.3 is 4.87 Å². The molecule has 0 aliphatic carbocycles. The Morgan fingerprint density at radius 3 is 2.59 bits per heavy atom. The number of nitrogens with one attached hydrogen (secondary N) is 2. The molecule has 0 saturated carbocycles. The summed E-state index contributed by atoms with van der Waals surface area (Å²) in [4.78, 5) is 56.8. The van der Waals surface area contributed by atoms with Crippen LogP contribution in [0.5, 0.6) is 5.75 Å². The molecule has 2 aliphatic heterocycles. The van der Waals surface area contributed by atoms with Gasteiger partial charge in [-0.3, -0.25) is 19.2 Å². The number of carbonyl (C=O) groups excluding carboxylic acids is 3. The van der Waals surface area contributed by atoms with Crippen molar-refractivity contribution in [3.05, 3.63) is 103 Å². The number of nitrogens with zero attached hydrogens (tertiary/aromatic N) is 1. The second kappa shape index (κ2) is 10.8. The Kier molecular flexibility index (Phi) is 7.18. The van der Waals surface area contributed by atoms with E-state index in [9.17, 15) is 23.6 Å². The average molecular weight is 610 g/mol. The molecule has 0 unspecified atom stereocenters. The smallest absolute Gasteiger partial charge is 0.305 e. The molecule has 0 spiro atoms. The molecule has 3 aromatic carbocycles. The minimum absolute atomic E-state index is 0.252. The van der Waals surface area contributed by atoms with Gasteiger partial charge in [-0.1, -0.05) is 52.9 Å². The number of hydrogen-bond acceptors (Lipinski definition) is 7. The van der Waals surface area contributed by atoms with Crippen LogP contribution < -0.4 is 19.8 Å². The summed E-state index contributed by atoms with van der Waals surface area (Å²) < 4.78 is 19.6. The topological polar surface area (TPSA) is 109 Å². The fourth-order valence-corrected chi connectivity index (χ4v) is 7.82. The van der Waals surface area contributed by atoms with Crippen LogP contribution in [0.15, 0.2) is 76.6 Å². The predicted octanol–water partition coefficient (Wildman–Crippen LogP) is 5.35. The van der Waals surface area contributed by atoms with E-state index < -0.39 is 34.7 Å². The van der Waals surface area contributed by atoms with Crippen LogP contribution in [0.3, 0.4) is 0 Å². The van der Waals surface area contributed by atoms with Gasteiger partial charge in [-0.05, 0) is 61.0 Å². The van der Waals surface area contributed by atoms with Crippen LogP contribution >= 0.6 is 34.7 Å². The molecule has 41 heavy (non-hydrogen) atoms. The number of aromatic amines is 1. The van der Waals surface area contributed by atoms with Crippen molar-refractivity contribution in [3.8, 4) is 5.75 Å². The first kappa shape index (κ1) is 27.3. The summed E-state index contributed by atoms with van der Waals surface area (Å²) >= 11 is 8.47. The summed E-state index contributed by atoms with van der Waals surface area (Å²) in [5.41, 5.74) is 2.27. The lowest BCUT2D eigenvalue weighted by atomic mass is 9.82. The zero-order chi connectivity index (χ0) is 28.8. The van der Waals surface area contributed by atoms with E-state index in [0.717, 1.165) is 33.6 Å². The molecule has 3 atom stereocenters. The van der Waals surface area contributed by atoms with E-state index in [1.54, 1.807) is 24.3 Å². The molecule has 1 fully saturated rings. The van der Waals surface area contributed by atoms with Gasteiger partial charge in [0.2, 0.25) is 11.8 Å². The lowest BCUT2D eigenvalue weighted by molar-refractivity contribution is -0.122. The van der Waals surface area contributed by atoms with Crippen molar-refractivity contribution in [1.82, 2.24) is 4.98 Å². The number of hydrogen-bond donors (Lipinski definition) is 2. The van der Waals surface area contributed by atoms with E-state index in [-0.39, 0.29) is 28.8 Å². The molecule has 3 amide bonds. The molecule has 6 rings (SSSR count). The van der Waals surface area contributed by atoms with Crippen molar-refractivity contribution in [3.63, 3.8) is 0 Å². The second-order valence-electron chi connectivity index (χ2n) is 9.57. The molecule has 2 N–H and O–H groups in total. The first-order valence-corrected chi connectivity index (χ1v) is 14.6. The van der Waals surface area contributed by atoms with E-state index in [2.05, 4.69) is 10.3 Å². The van der Waals surface area contributed by atoms with Crippen LogP contribution in [0, 0.1) is 18.7 Å². The Hall–Kier alpha value is -3.93. The maximum absolute atomic E-state index is 13.9. The normalized spacial score (nSPS) is 19.6. The first-order chi connectivity index (χ1) is 19.7. The fourth-order valence-electron chi connectivity index (χ4n) is 5.13. The van der Waals surface area contributed by atoms with Gasteiger partial charge in [0, 0.05) is 27.1 Å². The van der Waals surface area contributed by atoms with Crippen molar-refractivity contribution in [1.29, 1.82) is 0 Å². The van der Waals surface area contributed by atoms with E-state index in [1.807, 2.05) is 25.1 Å². The zero-order valence-corrected chi connectivity index (χ0v) is 23.7. The number of aryl methyl sites for hydroxylation is 1. The second-order valence-corrected chi connectivity index (χ2v) is 12.2. The van der Waals surface area contributed by atoms with Crippen LogP contribution in [0.4, 0.5) is 15.8 Å². The van der Waals surface area contributed by atoms with Gasteiger partial charge in [-0.2, -0.15) is 0 Å². The number of benzene rings is 3. The SMILES string of the molecule is Cc1ccccc1NC(=O)COc1ccc(Cl)cc1[C@@H]1c2sc(=O)[nH]c2S[C@H]2C(=O)N(c3ccc(F)cc3)C(=O)[C@@H]12. The van der Waals surface area contributed by atoms with Crippen molar-refractivity contribution in [2.45, 2.75) is 23.1 Å². The summed E-state index contributed by atoms with van der Waals surface area (Å²) in [6.45, 7) is 1.55. The van der Waals surface area contributed by atoms with Crippen LogP contribution in [-0.2, 0) is 14.4 Å². The molecule has 4 aromatic rings. The summed E-state index contributed by atoms with van der Waals surface area (Å²) in [7, 11) is 0. The number of imide groups is 1. The maximum atomic E-state index is 13.9. The minimum Gasteiger partial charge on any atom is -0.483 e. The Morgan fingerprint density at radius 1 is 1.07 bits per heavy atom. The summed E-state index contributed by atoms with van der Waals surface area (Å²) in [5, 5.41) is 2.80. The predicted molar refractivity (Wildman–Crippen MR) is 156 cm³/mol. The summed E-state index contributed by atoms with van der Waals surface area (Å²) in [6, 6.07) is 17.3. The average Bonchev–Trinajstić information content (AvgIpc) is 3.44. The van der Waals surface area contributed by atoms with Crippen LogP contribution in [-0.4, -0.2) is 34.6 Å². The Balaban J connectivity index is 1.37. The van der Waals surface area contributed by atoms with E-state index >= 15 is 0 Å². The van der Waals surface area contributed by atoms with Gasteiger partial charge in [0.1, 0.15) is 16.8 Å². The molecule has 12 heteroatoms. The van der Waals surface area contributed by atoms with Gasteiger partial charge in [-0.15, -0.1) is 0 Å². The number of anilines is 2. The van der Waals surface area contributed by atoms with Crippen molar-refractivity contribution >= 4 is 63.8 Å². The number of halogens is 2. The summed E-state index contributed by atoms with van der Waals surface area (Å²) in [6.07, 6.45) is 0. The van der Waals surface area contributed by atoms with Gasteiger partial charge < -0.3 is 15.0 Å². The van der Waals surface area contributed by atoms with Crippen LogP contribution in [0.1, 0.15) is 21.9 Å². The largest absolute Gasteiger partial charge is 0.483 e. The number of H-pyrrole nitrogens is 1. The quantitative estimate of drug-likeness (QED) is 0.285. The molecule has 1 saturated heterocycles. The fraction of sp³-hybridized carbons (Fsp3) is 0.172. The van der Waals surface area contributed by atoms with Crippen molar-refractivity contribution in [2.75, 3.05) is 16.8 Å². The molecule has 3 heterocycles. The summed E-state index contributed by atoms with van der Waals surface area (Å²) in [5.74, 6) is -3.23. The number of rotatable bonds is 6. The number of thiazole rings is 1. The van der Waals surface area contributed by atoms with Gasteiger partial charge in [0.05, 0.1) is 16.6 Å². The highest BCUT2D eigenvalue weighted by atomic mass is 35.5. The highest BCUT2D eigenvalue weighted by Crippen LogP contribution is 2.54. The monoisotopic (exact) mass is 609 g/mol. The number of ether oxygens (including phenoxy) is 1. The van der Waals surface area contributed by atoms with E-state index in [0.29, 0.717) is 26.2 Å². The van der Waals surface area contributed by atoms with Gasteiger partial charge in [0.25, 0.3) is 5.91 Å². The maximum Gasteiger partial charge on any atom is 0.305 e. The highest BCUT2D eigenvalue weighted by Gasteiger charge is 2.56. The standard InChI is InChI=1S/C29H21ClFN3O5S2/c1-14-4-2-3-5-19(14)32-21(35)13-39-20-11-6-15(30)12-18(20)22-23-25(40-26-24(22)41-29(38)33-26)28(37)34(27(23)36)17-9-7-16(31)8-10-17/h2-12,22-23,25H,13H2,1H3,(H,32,35)(H,33,38)/t22-,23-,25+/m0/s1. The molecular formula is C29H21ClFN3O5S2. The third kappa shape index (κ3) is 5.05. The van der Waals surface area contributed by atoms with E-state index in [4.69, 9.17) is 16.3 Å². The lowest BCUT2D eigenvalue weighted by Gasteiger charge is -2.31. The number of amides is 3. The number of aromatic nitrogens is 1. The Bertz CT molecular complexity index is 1760. The Morgan fingerprint density at radius 2 is 1.83 bits per heavy atom. The third-order valence-corrected chi connectivity index (χ3v) is 9.63. The molecule has 0 bridgehead atoms. The minimum atomic E-state index is -0.905. The lowest BCUT2D eigenvalue weighted by Crippen LogP contribution is -2.32. The van der Waals surface area contributed by atoms with Gasteiger partial charge in [-0.25, -0.2) is 9.29 Å². The van der Waals surface area contributed by atoms with Crippen molar-refractivity contribution in [2.24, 2.45) is 5.92 Å². The number of para-hydroxylation sites is 1. The molecule has 208 valence electrons. The molecular weight excluding hydrogens is 589 g/mol. The number of fused-ring (bicyclic) bond motifs is 2. The molecule has 0 radical (unpaired) electrons. The number of thioether (sulfide) groups is 1. The molecule has 2 aliphatic rings. The van der Waals surface area contributed by atoms with E-state index in [1.165, 1.54) is 24.3 Å². The van der Waals surface area contributed by atoms with Crippen molar-refractivity contribution < 1.29 is 23.5 Å². The molecule has 8 nitrogen and oxygen atoms in total. The molecule has 1 aromatic heterocycles. The Labute approximate surface area is 246 Å². The first-order valence-electron chi connectivity index (χ1n) is 12.5. The van der Waals surface area contributed by atoms with Gasteiger partial charge in [0.15, 0.2) is 6.61 Å². The number of carbonyl (C=O) groups is 3.